The smallest absolute Gasteiger partial charge is 0.0381 e. The van der Waals surface area contributed by atoms with E-state index in [1.807, 2.05) is 0 Å². The van der Waals surface area contributed by atoms with E-state index in [0.717, 1.165) is 5.69 Å². The fourth-order valence-electron chi connectivity index (χ4n) is 4.15. The monoisotopic (exact) mass is 241 g/mol. The van der Waals surface area contributed by atoms with E-state index in [0.29, 0.717) is 16.7 Å². The first-order valence-corrected chi connectivity index (χ1v) is 6.95. The Kier molecular flexibility index (Phi) is 2.38. The van der Waals surface area contributed by atoms with E-state index in [-0.39, 0.29) is 0 Å². The van der Waals surface area contributed by atoms with E-state index in [2.05, 4.69) is 56.9 Å². The van der Waals surface area contributed by atoms with Crippen molar-refractivity contribution in [3.63, 3.8) is 0 Å². The lowest BCUT2D eigenvalue weighted by Crippen LogP contribution is -2.63. The molecule has 0 heterocycles. The molecular weight excluding hydrogens is 218 g/mol. The molecule has 3 aliphatic rings. The summed E-state index contributed by atoms with van der Waals surface area (Å²) < 4.78 is 0. The first-order valence-electron chi connectivity index (χ1n) is 6.95. The van der Waals surface area contributed by atoms with Crippen molar-refractivity contribution in [1.82, 2.24) is 0 Å². The first-order chi connectivity index (χ1) is 8.42. The van der Waals surface area contributed by atoms with Crippen molar-refractivity contribution in [2.24, 2.45) is 16.7 Å². The Hall–Kier alpha value is -1.24. The summed E-state index contributed by atoms with van der Waals surface area (Å²) in [5.74, 6) is 0.584. The molecule has 18 heavy (non-hydrogen) atoms. The van der Waals surface area contributed by atoms with Crippen LogP contribution in [0.15, 0.2) is 36.5 Å². The topological polar surface area (TPSA) is 12.0 Å². The molecule has 3 fully saturated rings. The second-order valence-corrected chi connectivity index (χ2v) is 6.94. The molecule has 96 valence electrons. The molecule has 3 aliphatic carbocycles. The van der Waals surface area contributed by atoms with Crippen molar-refractivity contribution in [2.75, 3.05) is 5.32 Å². The van der Waals surface area contributed by atoms with Crippen molar-refractivity contribution in [3.8, 4) is 0 Å². The van der Waals surface area contributed by atoms with Gasteiger partial charge in [0.15, 0.2) is 0 Å². The van der Waals surface area contributed by atoms with E-state index < -0.39 is 0 Å². The van der Waals surface area contributed by atoms with E-state index in [4.69, 9.17) is 0 Å². The van der Waals surface area contributed by atoms with Crippen LogP contribution >= 0.6 is 0 Å². The van der Waals surface area contributed by atoms with E-state index >= 15 is 0 Å². The SMILES string of the molecule is C=C(Nc1ccc(C)cc1)C(C)C12CC(C)(C1)C2. The van der Waals surface area contributed by atoms with Crippen molar-refractivity contribution < 1.29 is 0 Å². The Labute approximate surface area is 110 Å². The summed E-state index contributed by atoms with van der Waals surface area (Å²) in [7, 11) is 0. The number of nitrogens with one attached hydrogen (secondary N) is 1. The number of aryl methyl sites for hydroxylation is 1. The van der Waals surface area contributed by atoms with Crippen LogP contribution in [0.1, 0.15) is 38.7 Å². The van der Waals surface area contributed by atoms with Crippen molar-refractivity contribution in [3.05, 3.63) is 42.1 Å². The Bertz CT molecular complexity index is 463. The minimum atomic E-state index is 0.573. The molecule has 1 aromatic carbocycles. The molecule has 4 rings (SSSR count). The fraction of sp³-hybridized carbons (Fsp3) is 0.529. The maximum absolute atomic E-state index is 4.26. The van der Waals surface area contributed by atoms with E-state index in [1.165, 1.54) is 30.5 Å². The van der Waals surface area contributed by atoms with Gasteiger partial charge in [-0.25, -0.2) is 0 Å². The van der Waals surface area contributed by atoms with Crippen LogP contribution in [0.4, 0.5) is 5.69 Å². The third-order valence-corrected chi connectivity index (χ3v) is 5.13. The molecule has 0 amide bonds. The third-order valence-electron chi connectivity index (χ3n) is 5.13. The molecule has 0 saturated heterocycles. The Morgan fingerprint density at radius 2 is 1.78 bits per heavy atom. The molecular formula is C17H23N. The minimum Gasteiger partial charge on any atom is -0.359 e. The normalized spacial score (nSPS) is 34.2. The van der Waals surface area contributed by atoms with Gasteiger partial charge >= 0.3 is 0 Å². The predicted molar refractivity (Wildman–Crippen MR) is 77.5 cm³/mol. The standard InChI is InChI=1S/C17H23N/c1-12-5-7-15(8-6-12)18-14(3)13(2)17-9-16(4,10-17)11-17/h5-8,13,18H,3,9-11H2,1-2,4H3. The van der Waals surface area contributed by atoms with Crippen LogP contribution in [0.3, 0.4) is 0 Å². The Morgan fingerprint density at radius 1 is 1.22 bits per heavy atom. The van der Waals surface area contributed by atoms with Crippen molar-refractivity contribution >= 4 is 5.69 Å². The molecule has 1 unspecified atom stereocenters. The van der Waals surface area contributed by atoms with E-state index in [1.54, 1.807) is 0 Å². The lowest BCUT2D eigenvalue weighted by Gasteiger charge is -2.72. The van der Waals surface area contributed by atoms with Gasteiger partial charge in [-0.2, -0.15) is 0 Å². The second-order valence-electron chi connectivity index (χ2n) is 6.94. The Balaban J connectivity index is 1.63. The van der Waals surface area contributed by atoms with Gasteiger partial charge in [0.05, 0.1) is 0 Å². The van der Waals surface area contributed by atoms with Crippen LogP contribution in [0, 0.1) is 23.7 Å². The zero-order valence-electron chi connectivity index (χ0n) is 11.7. The summed E-state index contributed by atoms with van der Waals surface area (Å²) >= 11 is 0. The van der Waals surface area contributed by atoms with Crippen LogP contribution in [0.2, 0.25) is 0 Å². The quantitative estimate of drug-likeness (QED) is 0.802. The highest BCUT2D eigenvalue weighted by Gasteiger charge is 2.66. The number of anilines is 1. The lowest BCUT2D eigenvalue weighted by atomic mass is 9.32. The number of hydrogen-bond acceptors (Lipinski definition) is 1. The van der Waals surface area contributed by atoms with Crippen LogP contribution in [-0.2, 0) is 0 Å². The highest BCUT2D eigenvalue weighted by Crippen LogP contribution is 2.76. The van der Waals surface area contributed by atoms with Gasteiger partial charge in [0, 0.05) is 17.3 Å². The second kappa shape index (κ2) is 3.63. The lowest BCUT2D eigenvalue weighted by molar-refractivity contribution is -0.213. The third kappa shape index (κ3) is 1.68. The highest BCUT2D eigenvalue weighted by atomic mass is 14.9. The minimum absolute atomic E-state index is 0.573. The van der Waals surface area contributed by atoms with Crippen LogP contribution < -0.4 is 5.32 Å². The molecule has 1 atom stereocenters. The number of allylic oxidation sites excluding steroid dienone is 1. The average Bonchev–Trinajstić information content (AvgIpc) is 2.26. The zero-order chi connectivity index (χ0) is 13.0. The van der Waals surface area contributed by atoms with Crippen LogP contribution in [-0.4, -0.2) is 0 Å². The van der Waals surface area contributed by atoms with Gasteiger partial charge in [0.25, 0.3) is 0 Å². The van der Waals surface area contributed by atoms with Gasteiger partial charge in [-0.3, -0.25) is 0 Å². The molecule has 0 radical (unpaired) electrons. The maximum atomic E-state index is 4.26. The molecule has 1 heteroatoms. The zero-order valence-corrected chi connectivity index (χ0v) is 11.7. The summed E-state index contributed by atoms with van der Waals surface area (Å²) in [5.41, 5.74) is 4.89. The molecule has 1 aromatic rings. The Morgan fingerprint density at radius 3 is 2.28 bits per heavy atom. The van der Waals surface area contributed by atoms with Crippen molar-refractivity contribution in [2.45, 2.75) is 40.0 Å². The van der Waals surface area contributed by atoms with Gasteiger partial charge in [0.1, 0.15) is 0 Å². The van der Waals surface area contributed by atoms with Crippen LogP contribution in [0.5, 0.6) is 0 Å². The molecule has 2 bridgehead atoms. The summed E-state index contributed by atoms with van der Waals surface area (Å²) in [6.45, 7) is 11.1. The highest BCUT2D eigenvalue weighted by molar-refractivity contribution is 5.49. The predicted octanol–water partition coefficient (Wildman–Crippen LogP) is 4.75. The average molecular weight is 241 g/mol. The molecule has 1 N–H and O–H groups in total. The number of rotatable bonds is 4. The molecule has 1 nitrogen and oxygen atoms in total. The largest absolute Gasteiger partial charge is 0.359 e. The molecule has 0 aromatic heterocycles. The number of hydrogen-bond donors (Lipinski definition) is 1. The molecule has 3 saturated carbocycles. The molecule has 0 spiro atoms. The van der Waals surface area contributed by atoms with Gasteiger partial charge in [-0.1, -0.05) is 38.1 Å². The van der Waals surface area contributed by atoms with Crippen molar-refractivity contribution in [1.29, 1.82) is 0 Å². The fourth-order valence-corrected chi connectivity index (χ4v) is 4.15. The maximum Gasteiger partial charge on any atom is 0.0381 e. The van der Waals surface area contributed by atoms with Gasteiger partial charge in [0.2, 0.25) is 0 Å². The first kappa shape index (κ1) is 11.8. The summed E-state index contributed by atoms with van der Waals surface area (Å²) in [4.78, 5) is 0. The summed E-state index contributed by atoms with van der Waals surface area (Å²) in [5, 5.41) is 3.49. The number of benzene rings is 1. The summed E-state index contributed by atoms with van der Waals surface area (Å²) in [6, 6.07) is 8.55. The van der Waals surface area contributed by atoms with Gasteiger partial charge < -0.3 is 5.32 Å². The van der Waals surface area contributed by atoms with Crippen LogP contribution in [0.25, 0.3) is 0 Å². The summed E-state index contributed by atoms with van der Waals surface area (Å²) in [6.07, 6.45) is 4.20. The van der Waals surface area contributed by atoms with E-state index in [9.17, 15) is 0 Å². The van der Waals surface area contributed by atoms with Gasteiger partial charge in [-0.15, -0.1) is 0 Å². The van der Waals surface area contributed by atoms with Gasteiger partial charge in [-0.05, 0) is 49.1 Å². The molecule has 0 aliphatic heterocycles.